The lowest BCUT2D eigenvalue weighted by atomic mass is 10.2. The van der Waals surface area contributed by atoms with E-state index in [0.717, 1.165) is 17.3 Å². The van der Waals surface area contributed by atoms with E-state index in [-0.39, 0.29) is 18.0 Å². The second-order valence-corrected chi connectivity index (χ2v) is 6.20. The van der Waals surface area contributed by atoms with E-state index in [9.17, 15) is 14.7 Å². The van der Waals surface area contributed by atoms with E-state index in [1.165, 1.54) is 6.07 Å². The molecule has 9 nitrogen and oxygen atoms in total. The normalized spacial score (nSPS) is 10.9. The summed E-state index contributed by atoms with van der Waals surface area (Å²) in [5, 5.41) is 28.5. The summed E-state index contributed by atoms with van der Waals surface area (Å²) in [5.74, 6) is -0.450. The van der Waals surface area contributed by atoms with Gasteiger partial charge in [-0.15, -0.1) is 10.2 Å². The monoisotopic (exact) mass is 368 g/mol. The number of fused-ring (bicyclic) bond motifs is 1. The number of aromatic nitrogens is 5. The molecule has 0 atom stereocenters. The summed E-state index contributed by atoms with van der Waals surface area (Å²) < 4.78 is 1.56. The Morgan fingerprint density at radius 3 is 2.92 bits per heavy atom. The van der Waals surface area contributed by atoms with Crippen molar-refractivity contribution in [3.05, 3.63) is 62.8 Å². The van der Waals surface area contributed by atoms with Gasteiger partial charge in [0.2, 0.25) is 0 Å². The third kappa shape index (κ3) is 3.05. The SMILES string of the molecule is O=C(NCc1nnc2ccc(-c3ccsc3)nn12)c1cc(O)[nH]c(=O)c1. The highest BCUT2D eigenvalue weighted by molar-refractivity contribution is 7.08. The van der Waals surface area contributed by atoms with Crippen LogP contribution in [-0.2, 0) is 6.54 Å². The van der Waals surface area contributed by atoms with Gasteiger partial charge in [0.25, 0.3) is 11.5 Å². The van der Waals surface area contributed by atoms with Crippen molar-refractivity contribution in [1.82, 2.24) is 30.1 Å². The summed E-state index contributed by atoms with van der Waals surface area (Å²) in [6.45, 7) is 0.0631. The van der Waals surface area contributed by atoms with Crippen molar-refractivity contribution in [1.29, 1.82) is 0 Å². The quantitative estimate of drug-likeness (QED) is 0.497. The second-order valence-electron chi connectivity index (χ2n) is 5.42. The number of carbonyl (C=O) groups excluding carboxylic acids is 1. The Balaban J connectivity index is 1.58. The largest absolute Gasteiger partial charge is 0.494 e. The lowest BCUT2D eigenvalue weighted by molar-refractivity contribution is 0.0949. The van der Waals surface area contributed by atoms with Gasteiger partial charge in [0.1, 0.15) is 0 Å². The Kier molecular flexibility index (Phi) is 3.93. The molecule has 1 amide bonds. The number of hydrogen-bond acceptors (Lipinski definition) is 7. The number of nitrogens with one attached hydrogen (secondary N) is 2. The summed E-state index contributed by atoms with van der Waals surface area (Å²) in [5.41, 5.74) is 1.80. The average Bonchev–Trinajstić information content (AvgIpc) is 3.28. The molecule has 0 fully saturated rings. The molecule has 0 bridgehead atoms. The minimum absolute atomic E-state index is 0.0481. The van der Waals surface area contributed by atoms with Crippen molar-refractivity contribution in [3.8, 4) is 17.1 Å². The Hall–Kier alpha value is -3.53. The van der Waals surface area contributed by atoms with Crippen LogP contribution in [0.5, 0.6) is 5.88 Å². The number of pyridine rings is 1. The molecule has 4 aromatic rings. The molecule has 26 heavy (non-hydrogen) atoms. The molecule has 0 aliphatic heterocycles. The maximum absolute atomic E-state index is 12.2. The first-order chi connectivity index (χ1) is 12.6. The molecule has 4 rings (SSSR count). The number of amides is 1. The van der Waals surface area contributed by atoms with Gasteiger partial charge in [0.05, 0.1) is 17.8 Å². The molecule has 130 valence electrons. The van der Waals surface area contributed by atoms with E-state index in [1.54, 1.807) is 21.9 Å². The summed E-state index contributed by atoms with van der Waals surface area (Å²) in [6, 6.07) is 7.89. The molecular formula is C16H12N6O3S. The van der Waals surface area contributed by atoms with Crippen molar-refractivity contribution < 1.29 is 9.90 Å². The van der Waals surface area contributed by atoms with Gasteiger partial charge in [-0.3, -0.25) is 14.6 Å². The van der Waals surface area contributed by atoms with Crippen LogP contribution < -0.4 is 10.9 Å². The first-order valence-electron chi connectivity index (χ1n) is 7.55. The van der Waals surface area contributed by atoms with Crippen molar-refractivity contribution in [2.75, 3.05) is 0 Å². The predicted molar refractivity (Wildman–Crippen MR) is 94.0 cm³/mol. The smallest absolute Gasteiger partial charge is 0.252 e. The Morgan fingerprint density at radius 1 is 1.27 bits per heavy atom. The van der Waals surface area contributed by atoms with Crippen LogP contribution >= 0.6 is 11.3 Å². The zero-order valence-corrected chi connectivity index (χ0v) is 14.0. The fourth-order valence-corrected chi connectivity index (χ4v) is 3.08. The molecule has 3 N–H and O–H groups in total. The van der Waals surface area contributed by atoms with Crippen molar-refractivity contribution in [2.45, 2.75) is 6.54 Å². The van der Waals surface area contributed by atoms with Crippen molar-refractivity contribution in [2.24, 2.45) is 0 Å². The summed E-state index contributed by atoms with van der Waals surface area (Å²) in [6.07, 6.45) is 0. The number of hydrogen-bond donors (Lipinski definition) is 3. The third-order valence-electron chi connectivity index (χ3n) is 3.64. The van der Waals surface area contributed by atoms with Crippen LogP contribution in [0.2, 0.25) is 0 Å². The van der Waals surface area contributed by atoms with Gasteiger partial charge in [0.15, 0.2) is 17.4 Å². The zero-order valence-electron chi connectivity index (χ0n) is 13.2. The molecule has 0 saturated heterocycles. The molecule has 0 aliphatic rings. The molecule has 0 saturated carbocycles. The lowest BCUT2D eigenvalue weighted by Gasteiger charge is -2.05. The number of carbonyl (C=O) groups is 1. The topological polar surface area (TPSA) is 125 Å². The van der Waals surface area contributed by atoms with E-state index in [4.69, 9.17) is 0 Å². The Labute approximate surface area is 150 Å². The van der Waals surface area contributed by atoms with E-state index in [2.05, 4.69) is 25.6 Å². The molecule has 0 aliphatic carbocycles. The standard InChI is InChI=1S/C16H12N6O3S/c23-14-5-10(6-15(24)18-14)16(25)17-7-13-20-19-12-2-1-11(21-22(12)13)9-3-4-26-8-9/h1-6,8H,7H2,(H,17,25)(H2,18,23,24). The van der Waals surface area contributed by atoms with Crippen molar-refractivity contribution >= 4 is 22.9 Å². The highest BCUT2D eigenvalue weighted by Gasteiger charge is 2.12. The zero-order chi connectivity index (χ0) is 18.1. The maximum atomic E-state index is 12.2. The molecule has 10 heteroatoms. The number of thiophene rings is 1. The van der Waals surface area contributed by atoms with Gasteiger partial charge in [-0.25, -0.2) is 0 Å². The van der Waals surface area contributed by atoms with Gasteiger partial charge in [-0.2, -0.15) is 21.0 Å². The van der Waals surface area contributed by atoms with Crippen LogP contribution in [0.1, 0.15) is 16.2 Å². The molecule has 4 aromatic heterocycles. The summed E-state index contributed by atoms with van der Waals surface area (Å²) in [7, 11) is 0. The number of aromatic amines is 1. The number of aromatic hydroxyl groups is 1. The average molecular weight is 368 g/mol. The van der Waals surface area contributed by atoms with Crippen LogP contribution in [0.15, 0.2) is 45.9 Å². The number of H-pyrrole nitrogens is 1. The third-order valence-corrected chi connectivity index (χ3v) is 4.33. The van der Waals surface area contributed by atoms with Crippen LogP contribution in [0, 0.1) is 0 Å². The first kappa shape index (κ1) is 16.0. The van der Waals surface area contributed by atoms with E-state index in [1.807, 2.05) is 22.9 Å². The van der Waals surface area contributed by atoms with E-state index >= 15 is 0 Å². The van der Waals surface area contributed by atoms with Crippen LogP contribution in [0.4, 0.5) is 0 Å². The Bertz CT molecular complexity index is 1150. The molecule has 0 radical (unpaired) electrons. The van der Waals surface area contributed by atoms with E-state index < -0.39 is 11.5 Å². The van der Waals surface area contributed by atoms with Crippen LogP contribution in [0.25, 0.3) is 16.9 Å². The molecular weight excluding hydrogens is 356 g/mol. The number of nitrogens with zero attached hydrogens (tertiary/aromatic N) is 4. The molecule has 0 unspecified atom stereocenters. The van der Waals surface area contributed by atoms with Crippen molar-refractivity contribution in [3.63, 3.8) is 0 Å². The van der Waals surface area contributed by atoms with E-state index in [0.29, 0.717) is 11.5 Å². The molecule has 0 spiro atoms. The van der Waals surface area contributed by atoms with Gasteiger partial charge < -0.3 is 10.4 Å². The first-order valence-corrected chi connectivity index (χ1v) is 8.50. The Morgan fingerprint density at radius 2 is 2.15 bits per heavy atom. The van der Waals surface area contributed by atoms with Gasteiger partial charge in [-0.05, 0) is 23.6 Å². The fraction of sp³-hybridized carbons (Fsp3) is 0.0625. The molecule has 0 aromatic carbocycles. The van der Waals surface area contributed by atoms with Gasteiger partial charge in [0, 0.05) is 23.1 Å². The maximum Gasteiger partial charge on any atom is 0.252 e. The lowest BCUT2D eigenvalue weighted by Crippen LogP contribution is -2.25. The number of rotatable bonds is 4. The highest BCUT2D eigenvalue weighted by Crippen LogP contribution is 2.20. The fourth-order valence-electron chi connectivity index (χ4n) is 2.43. The van der Waals surface area contributed by atoms with Gasteiger partial charge >= 0.3 is 0 Å². The minimum Gasteiger partial charge on any atom is -0.494 e. The predicted octanol–water partition coefficient (Wildman–Crippen LogP) is 1.18. The highest BCUT2D eigenvalue weighted by atomic mass is 32.1. The minimum atomic E-state index is -0.565. The van der Waals surface area contributed by atoms with Crippen LogP contribution in [-0.4, -0.2) is 35.8 Å². The summed E-state index contributed by atoms with van der Waals surface area (Å²) in [4.78, 5) is 25.7. The second kappa shape index (κ2) is 6.41. The summed E-state index contributed by atoms with van der Waals surface area (Å²) >= 11 is 1.57. The van der Waals surface area contributed by atoms with Gasteiger partial charge in [-0.1, -0.05) is 0 Å². The molecule has 4 heterocycles. The van der Waals surface area contributed by atoms with Crippen LogP contribution in [0.3, 0.4) is 0 Å².